The molecule has 1 aliphatic carbocycles. The van der Waals surface area contributed by atoms with Crippen LogP contribution in [0.1, 0.15) is 31.7 Å². The molecule has 1 fully saturated rings. The largest absolute Gasteiger partial charge is 0.361 e. The van der Waals surface area contributed by atoms with Gasteiger partial charge in [0, 0.05) is 35.9 Å². The second kappa shape index (κ2) is 8.39. The van der Waals surface area contributed by atoms with Gasteiger partial charge in [0.15, 0.2) is 0 Å². The number of anilines is 1. The van der Waals surface area contributed by atoms with Gasteiger partial charge in [-0.05, 0) is 61.9 Å². The van der Waals surface area contributed by atoms with Gasteiger partial charge in [0.2, 0.25) is 0 Å². The van der Waals surface area contributed by atoms with E-state index in [1.54, 1.807) is 6.07 Å². The highest BCUT2D eigenvalue weighted by atomic mass is 35.6. The lowest BCUT2D eigenvalue weighted by atomic mass is 10.1. The molecule has 1 amide bonds. The maximum Gasteiger partial charge on any atom is 0.276 e. The molecule has 1 saturated carbocycles. The number of H-pyrrole nitrogens is 1. The fourth-order valence-electron chi connectivity index (χ4n) is 3.22. The van der Waals surface area contributed by atoms with Gasteiger partial charge in [-0.2, -0.15) is 0 Å². The quantitative estimate of drug-likeness (QED) is 0.585. The standard InChI is InChI=1S/C19H24Cl3N3O/c1-2-8-25(12-13-3-4-13)9-7-14-11-23-17-6-5-15(10-16(14)17)24-18(26)19(20,21)22/h5-6,10-11,13,23H,2-4,7-9,12H2,1H3,(H,24,26). The van der Waals surface area contributed by atoms with Crippen molar-refractivity contribution in [1.82, 2.24) is 9.88 Å². The Hall–Kier alpha value is -0.940. The lowest BCUT2D eigenvalue weighted by molar-refractivity contribution is -0.115. The minimum atomic E-state index is -1.97. The molecule has 0 atom stereocenters. The molecule has 2 aromatic rings. The first-order valence-corrected chi connectivity index (χ1v) is 10.2. The van der Waals surface area contributed by atoms with Crippen LogP contribution in [0.2, 0.25) is 0 Å². The third-order valence-electron chi connectivity index (χ3n) is 4.73. The normalized spacial score (nSPS) is 15.0. The van der Waals surface area contributed by atoms with Gasteiger partial charge in [-0.25, -0.2) is 0 Å². The number of nitrogens with one attached hydrogen (secondary N) is 2. The molecule has 142 valence electrons. The number of aromatic amines is 1. The van der Waals surface area contributed by atoms with E-state index < -0.39 is 9.70 Å². The van der Waals surface area contributed by atoms with Gasteiger partial charge in [0.25, 0.3) is 9.70 Å². The summed E-state index contributed by atoms with van der Waals surface area (Å²) in [4.78, 5) is 17.7. The maximum atomic E-state index is 11.9. The van der Waals surface area contributed by atoms with Crippen LogP contribution in [0.15, 0.2) is 24.4 Å². The van der Waals surface area contributed by atoms with E-state index in [9.17, 15) is 4.79 Å². The molecule has 3 rings (SSSR count). The van der Waals surface area contributed by atoms with Crippen LogP contribution < -0.4 is 5.32 Å². The summed E-state index contributed by atoms with van der Waals surface area (Å²) >= 11 is 16.9. The van der Waals surface area contributed by atoms with Crippen molar-refractivity contribution in [3.8, 4) is 0 Å². The summed E-state index contributed by atoms with van der Waals surface area (Å²) in [6, 6.07) is 5.66. The van der Waals surface area contributed by atoms with Crippen molar-refractivity contribution in [1.29, 1.82) is 0 Å². The first-order chi connectivity index (χ1) is 12.4. The second-order valence-corrected chi connectivity index (χ2v) is 9.30. The Kier molecular flexibility index (Phi) is 6.39. The lowest BCUT2D eigenvalue weighted by Gasteiger charge is -2.21. The number of rotatable bonds is 8. The van der Waals surface area contributed by atoms with Crippen LogP contribution in [0.5, 0.6) is 0 Å². The van der Waals surface area contributed by atoms with Crippen molar-refractivity contribution in [2.24, 2.45) is 5.92 Å². The van der Waals surface area contributed by atoms with Crippen LogP contribution in [-0.4, -0.2) is 39.2 Å². The van der Waals surface area contributed by atoms with Gasteiger partial charge >= 0.3 is 0 Å². The molecule has 26 heavy (non-hydrogen) atoms. The molecule has 1 aromatic heterocycles. The highest BCUT2D eigenvalue weighted by Gasteiger charge is 2.30. The number of fused-ring (bicyclic) bond motifs is 1. The van der Waals surface area contributed by atoms with E-state index in [-0.39, 0.29) is 0 Å². The number of benzene rings is 1. The molecule has 1 heterocycles. The summed E-state index contributed by atoms with van der Waals surface area (Å²) in [6.45, 7) is 5.62. The molecule has 7 heteroatoms. The molecule has 0 saturated heterocycles. The minimum absolute atomic E-state index is 0.623. The average Bonchev–Trinajstić information content (AvgIpc) is 3.30. The summed E-state index contributed by atoms with van der Waals surface area (Å²) in [5.41, 5.74) is 2.90. The smallest absolute Gasteiger partial charge is 0.276 e. The molecule has 0 aliphatic heterocycles. The van der Waals surface area contributed by atoms with E-state index in [0.717, 1.165) is 36.3 Å². The predicted molar refractivity (Wildman–Crippen MR) is 110 cm³/mol. The number of alkyl halides is 3. The third kappa shape index (κ3) is 5.29. The molecule has 0 bridgehead atoms. The topological polar surface area (TPSA) is 48.1 Å². The first-order valence-electron chi connectivity index (χ1n) is 9.07. The minimum Gasteiger partial charge on any atom is -0.361 e. The summed E-state index contributed by atoms with van der Waals surface area (Å²) in [5, 5.41) is 3.74. The van der Waals surface area contributed by atoms with Crippen LogP contribution in [-0.2, 0) is 11.2 Å². The zero-order valence-corrected chi connectivity index (χ0v) is 17.1. The molecule has 1 aromatic carbocycles. The van der Waals surface area contributed by atoms with Gasteiger partial charge in [-0.15, -0.1) is 0 Å². The van der Waals surface area contributed by atoms with Crippen molar-refractivity contribution >= 4 is 57.3 Å². The van der Waals surface area contributed by atoms with Gasteiger partial charge < -0.3 is 15.2 Å². The number of amides is 1. The molecule has 4 nitrogen and oxygen atoms in total. The number of halogens is 3. The molecule has 0 radical (unpaired) electrons. The van der Waals surface area contributed by atoms with Crippen molar-refractivity contribution in [3.05, 3.63) is 30.0 Å². The highest BCUT2D eigenvalue weighted by Crippen LogP contribution is 2.31. The number of nitrogens with zero attached hydrogens (tertiary/aromatic N) is 1. The lowest BCUT2D eigenvalue weighted by Crippen LogP contribution is -2.29. The number of hydrogen-bond acceptors (Lipinski definition) is 2. The van der Waals surface area contributed by atoms with Crippen LogP contribution in [0.25, 0.3) is 10.9 Å². The summed E-state index contributed by atoms with van der Waals surface area (Å²) in [5.74, 6) is 0.241. The van der Waals surface area contributed by atoms with E-state index >= 15 is 0 Å². The van der Waals surface area contributed by atoms with Gasteiger partial charge in [0.1, 0.15) is 0 Å². The molecule has 1 aliphatic rings. The van der Waals surface area contributed by atoms with Crippen LogP contribution in [0.4, 0.5) is 5.69 Å². The Morgan fingerprint density at radius 1 is 1.31 bits per heavy atom. The number of carbonyl (C=O) groups excluding carboxylic acids is 1. The molecular weight excluding hydrogens is 393 g/mol. The van der Waals surface area contributed by atoms with Crippen molar-refractivity contribution in [2.45, 2.75) is 36.4 Å². The monoisotopic (exact) mass is 415 g/mol. The van der Waals surface area contributed by atoms with Crippen LogP contribution >= 0.6 is 34.8 Å². The van der Waals surface area contributed by atoms with Crippen molar-refractivity contribution < 1.29 is 4.79 Å². The van der Waals surface area contributed by atoms with Crippen molar-refractivity contribution in [3.63, 3.8) is 0 Å². The Morgan fingerprint density at radius 3 is 2.73 bits per heavy atom. The van der Waals surface area contributed by atoms with E-state index in [4.69, 9.17) is 34.8 Å². The van der Waals surface area contributed by atoms with Crippen molar-refractivity contribution in [2.75, 3.05) is 25.0 Å². The fourth-order valence-corrected chi connectivity index (χ4v) is 3.36. The summed E-state index contributed by atoms with van der Waals surface area (Å²) in [6.07, 6.45) is 6.94. The number of aromatic nitrogens is 1. The first kappa shape index (κ1) is 19.8. The number of carbonyl (C=O) groups is 1. The zero-order chi connectivity index (χ0) is 18.7. The highest BCUT2D eigenvalue weighted by molar-refractivity contribution is 6.76. The fraction of sp³-hybridized carbons (Fsp3) is 0.526. The average molecular weight is 417 g/mol. The molecule has 0 unspecified atom stereocenters. The second-order valence-electron chi connectivity index (χ2n) is 7.02. The molecular formula is C19H24Cl3N3O. The Balaban J connectivity index is 1.69. The van der Waals surface area contributed by atoms with E-state index in [1.165, 1.54) is 31.4 Å². The molecule has 2 N–H and O–H groups in total. The third-order valence-corrected chi connectivity index (χ3v) is 5.25. The van der Waals surface area contributed by atoms with E-state index in [2.05, 4.69) is 22.1 Å². The predicted octanol–water partition coefficient (Wildman–Crippen LogP) is 5.14. The van der Waals surface area contributed by atoms with E-state index in [1.807, 2.05) is 18.3 Å². The van der Waals surface area contributed by atoms with Gasteiger partial charge in [-0.3, -0.25) is 4.79 Å². The molecule has 0 spiro atoms. The summed E-state index contributed by atoms with van der Waals surface area (Å²) < 4.78 is -1.97. The number of hydrogen-bond donors (Lipinski definition) is 2. The Bertz CT molecular complexity index is 765. The SMILES string of the molecule is CCCN(CCc1c[nH]c2ccc(NC(=O)C(Cl)(Cl)Cl)cc12)CC1CC1. The van der Waals surface area contributed by atoms with Gasteiger partial charge in [0.05, 0.1) is 0 Å². The summed E-state index contributed by atoms with van der Waals surface area (Å²) in [7, 11) is 0. The Labute approximate surface area is 169 Å². The zero-order valence-electron chi connectivity index (χ0n) is 14.8. The van der Waals surface area contributed by atoms with E-state index in [0.29, 0.717) is 5.69 Å². The van der Waals surface area contributed by atoms with Crippen LogP contribution in [0.3, 0.4) is 0 Å². The maximum absolute atomic E-state index is 11.9. The van der Waals surface area contributed by atoms with Gasteiger partial charge in [-0.1, -0.05) is 41.7 Å². The van der Waals surface area contributed by atoms with Crippen LogP contribution in [0, 0.1) is 5.92 Å². The Morgan fingerprint density at radius 2 is 2.08 bits per heavy atom.